The number of carbonyl (C=O) groups excluding carboxylic acids is 3. The third-order valence-corrected chi connectivity index (χ3v) is 7.08. The van der Waals surface area contributed by atoms with E-state index in [4.69, 9.17) is 4.74 Å². The van der Waals surface area contributed by atoms with Crippen molar-refractivity contribution >= 4 is 57.1 Å². The van der Waals surface area contributed by atoms with Gasteiger partial charge >= 0.3 is 0 Å². The molecule has 0 aromatic heterocycles. The fraction of sp³-hybridized carbons (Fsp3) is 0.0645. The molecule has 0 radical (unpaired) electrons. The van der Waals surface area contributed by atoms with Gasteiger partial charge in [0.25, 0.3) is 11.8 Å². The predicted molar refractivity (Wildman–Crippen MR) is 159 cm³/mol. The van der Waals surface area contributed by atoms with Crippen LogP contribution in [0.15, 0.2) is 118 Å². The van der Waals surface area contributed by atoms with Gasteiger partial charge in [0.05, 0.1) is 18.4 Å². The Morgan fingerprint density at radius 2 is 1.59 bits per heavy atom. The van der Waals surface area contributed by atoms with Gasteiger partial charge in [-0.3, -0.25) is 14.4 Å². The lowest BCUT2D eigenvalue weighted by Crippen LogP contribution is -2.30. The van der Waals surface area contributed by atoms with Crippen LogP contribution in [0.25, 0.3) is 6.08 Å². The van der Waals surface area contributed by atoms with Crippen molar-refractivity contribution in [1.82, 2.24) is 5.32 Å². The number of ether oxygens (including phenoxy) is 1. The number of anilines is 1. The molecule has 0 saturated carbocycles. The Labute approximate surface area is 239 Å². The van der Waals surface area contributed by atoms with Crippen molar-refractivity contribution in [3.05, 3.63) is 130 Å². The first kappa shape index (κ1) is 27.9. The maximum atomic E-state index is 13.2. The van der Waals surface area contributed by atoms with E-state index in [-0.39, 0.29) is 17.2 Å². The largest absolute Gasteiger partial charge is 0.496 e. The lowest BCUT2D eigenvalue weighted by molar-refractivity contribution is -0.113. The summed E-state index contributed by atoms with van der Waals surface area (Å²) in [7, 11) is 1.54. The van der Waals surface area contributed by atoms with E-state index in [1.165, 1.54) is 11.8 Å². The van der Waals surface area contributed by atoms with E-state index < -0.39 is 11.8 Å². The van der Waals surface area contributed by atoms with Crippen LogP contribution in [0.3, 0.4) is 0 Å². The average molecular weight is 602 g/mol. The van der Waals surface area contributed by atoms with Gasteiger partial charge in [-0.2, -0.15) is 0 Å². The molecule has 0 fully saturated rings. The van der Waals surface area contributed by atoms with E-state index in [0.29, 0.717) is 22.6 Å². The van der Waals surface area contributed by atoms with Crippen LogP contribution in [0.2, 0.25) is 0 Å². The third kappa shape index (κ3) is 7.92. The molecular formula is C31H25BrN2O4S. The minimum Gasteiger partial charge on any atom is -0.496 e. The minimum atomic E-state index is -0.467. The summed E-state index contributed by atoms with van der Waals surface area (Å²) in [6.45, 7) is 0. The highest BCUT2D eigenvalue weighted by Gasteiger charge is 2.16. The molecule has 8 heteroatoms. The number of thioether (sulfide) groups is 1. The SMILES string of the molecule is COc1ccccc1C(=O)CSc1ccc(NC(=O)/C(=C/c2cccc(Br)c2)NC(=O)c2ccccc2)cc1. The van der Waals surface area contributed by atoms with Gasteiger partial charge in [-0.05, 0) is 72.3 Å². The number of para-hydroxylation sites is 1. The second-order valence-electron chi connectivity index (χ2n) is 8.32. The van der Waals surface area contributed by atoms with Crippen LogP contribution in [-0.2, 0) is 4.79 Å². The fourth-order valence-electron chi connectivity index (χ4n) is 3.64. The summed E-state index contributed by atoms with van der Waals surface area (Å²) in [5, 5.41) is 5.57. The Balaban J connectivity index is 1.44. The van der Waals surface area contributed by atoms with E-state index in [9.17, 15) is 14.4 Å². The number of methoxy groups -OCH3 is 1. The highest BCUT2D eigenvalue weighted by molar-refractivity contribution is 9.10. The zero-order chi connectivity index (χ0) is 27.6. The first-order chi connectivity index (χ1) is 18.9. The van der Waals surface area contributed by atoms with Crippen LogP contribution < -0.4 is 15.4 Å². The number of nitrogens with one attached hydrogen (secondary N) is 2. The highest BCUT2D eigenvalue weighted by Crippen LogP contribution is 2.25. The molecule has 0 unspecified atom stereocenters. The summed E-state index contributed by atoms with van der Waals surface area (Å²) < 4.78 is 6.13. The summed E-state index contributed by atoms with van der Waals surface area (Å²) in [4.78, 5) is 39.5. The lowest BCUT2D eigenvalue weighted by atomic mass is 10.1. The summed E-state index contributed by atoms with van der Waals surface area (Å²) in [6, 6.07) is 30.4. The van der Waals surface area contributed by atoms with Gasteiger partial charge in [0.1, 0.15) is 11.4 Å². The summed E-state index contributed by atoms with van der Waals surface area (Å²) in [6.07, 6.45) is 1.62. The van der Waals surface area contributed by atoms with Crippen LogP contribution in [0.4, 0.5) is 5.69 Å². The fourth-order valence-corrected chi connectivity index (χ4v) is 4.84. The number of halogens is 1. The first-order valence-corrected chi connectivity index (χ1v) is 13.7. The number of carbonyl (C=O) groups is 3. The number of rotatable bonds is 10. The molecule has 0 aliphatic carbocycles. The molecule has 0 atom stereocenters. The van der Waals surface area contributed by atoms with Crippen molar-refractivity contribution in [2.45, 2.75) is 4.90 Å². The minimum absolute atomic E-state index is 0.0358. The van der Waals surface area contributed by atoms with Gasteiger partial charge in [0, 0.05) is 20.6 Å². The molecule has 4 aromatic carbocycles. The van der Waals surface area contributed by atoms with Crippen molar-refractivity contribution < 1.29 is 19.1 Å². The Kier molecular flexibility index (Phi) is 9.72. The van der Waals surface area contributed by atoms with Crippen molar-refractivity contribution in [2.24, 2.45) is 0 Å². The predicted octanol–water partition coefficient (Wildman–Crippen LogP) is 6.84. The Morgan fingerprint density at radius 3 is 2.31 bits per heavy atom. The highest BCUT2D eigenvalue weighted by atomic mass is 79.9. The van der Waals surface area contributed by atoms with Crippen molar-refractivity contribution in [3.63, 3.8) is 0 Å². The van der Waals surface area contributed by atoms with Crippen molar-refractivity contribution in [1.29, 1.82) is 0 Å². The van der Waals surface area contributed by atoms with Gasteiger partial charge in [-0.25, -0.2) is 0 Å². The molecule has 196 valence electrons. The van der Waals surface area contributed by atoms with Crippen LogP contribution in [0.5, 0.6) is 5.75 Å². The Hall–Kier alpha value is -4.14. The molecule has 2 amide bonds. The molecule has 0 spiro atoms. The second-order valence-corrected chi connectivity index (χ2v) is 10.3. The van der Waals surface area contributed by atoms with Crippen LogP contribution in [0.1, 0.15) is 26.3 Å². The van der Waals surface area contributed by atoms with Gasteiger partial charge in [-0.1, -0.05) is 58.4 Å². The van der Waals surface area contributed by atoms with Gasteiger partial charge in [0.15, 0.2) is 5.78 Å². The topological polar surface area (TPSA) is 84.5 Å². The monoisotopic (exact) mass is 600 g/mol. The Morgan fingerprint density at radius 1 is 0.872 bits per heavy atom. The summed E-state index contributed by atoms with van der Waals surface area (Å²) >= 11 is 4.83. The molecule has 4 rings (SSSR count). The molecule has 0 aliphatic rings. The number of benzene rings is 4. The number of ketones is 1. The molecule has 4 aromatic rings. The summed E-state index contributed by atoms with van der Waals surface area (Å²) in [5.74, 6) is -0.0973. The van der Waals surface area contributed by atoms with E-state index in [1.54, 1.807) is 67.8 Å². The number of amides is 2. The van der Waals surface area contributed by atoms with Crippen molar-refractivity contribution in [3.8, 4) is 5.75 Å². The van der Waals surface area contributed by atoms with E-state index >= 15 is 0 Å². The maximum Gasteiger partial charge on any atom is 0.272 e. The molecule has 0 bridgehead atoms. The molecule has 0 heterocycles. The van der Waals surface area contributed by atoms with E-state index in [0.717, 1.165) is 14.9 Å². The molecular weight excluding hydrogens is 576 g/mol. The van der Waals surface area contributed by atoms with E-state index in [2.05, 4.69) is 26.6 Å². The van der Waals surface area contributed by atoms with Gasteiger partial charge in [-0.15, -0.1) is 11.8 Å². The maximum absolute atomic E-state index is 13.2. The normalized spacial score (nSPS) is 11.0. The average Bonchev–Trinajstić information content (AvgIpc) is 2.96. The van der Waals surface area contributed by atoms with Gasteiger partial charge in [0.2, 0.25) is 0 Å². The number of hydrogen-bond acceptors (Lipinski definition) is 5. The van der Waals surface area contributed by atoms with Crippen LogP contribution in [0, 0.1) is 0 Å². The zero-order valence-electron chi connectivity index (χ0n) is 21.0. The summed E-state index contributed by atoms with van der Waals surface area (Å²) in [5.41, 5.74) is 2.37. The molecule has 2 N–H and O–H groups in total. The Bertz CT molecular complexity index is 1500. The zero-order valence-corrected chi connectivity index (χ0v) is 23.4. The first-order valence-electron chi connectivity index (χ1n) is 12.0. The quantitative estimate of drug-likeness (QED) is 0.118. The van der Waals surface area contributed by atoms with Crippen LogP contribution >= 0.6 is 27.7 Å². The smallest absolute Gasteiger partial charge is 0.272 e. The van der Waals surface area contributed by atoms with Crippen molar-refractivity contribution in [2.75, 3.05) is 18.2 Å². The number of Topliss-reactive ketones (excluding diaryl/α,β-unsaturated/α-hetero) is 1. The van der Waals surface area contributed by atoms with Crippen LogP contribution in [-0.4, -0.2) is 30.5 Å². The van der Waals surface area contributed by atoms with E-state index in [1.807, 2.05) is 48.5 Å². The lowest BCUT2D eigenvalue weighted by Gasteiger charge is -2.12. The molecule has 0 saturated heterocycles. The van der Waals surface area contributed by atoms with Gasteiger partial charge < -0.3 is 15.4 Å². The molecule has 6 nitrogen and oxygen atoms in total. The number of hydrogen-bond donors (Lipinski definition) is 2. The standard InChI is InChI=1S/C31H25BrN2O4S/c1-38-29-13-6-5-12-26(29)28(35)20-39-25-16-14-24(15-17-25)33-31(37)27(19-21-8-7-11-23(32)18-21)34-30(36)22-9-3-2-4-10-22/h2-19H,20H2,1H3,(H,33,37)(H,34,36)/b27-19-. The molecule has 39 heavy (non-hydrogen) atoms. The third-order valence-electron chi connectivity index (χ3n) is 5.58. The molecule has 0 aliphatic heterocycles. The second kappa shape index (κ2) is 13.6.